The van der Waals surface area contributed by atoms with Gasteiger partial charge in [-0.25, -0.2) is 0 Å². The number of aliphatic hydroxyl groups excluding tert-OH is 1. The molecular formula is C12H21NO3. The number of carbonyl (C=O) groups is 1. The summed E-state index contributed by atoms with van der Waals surface area (Å²) in [5, 5.41) is 12.4. The Morgan fingerprint density at radius 1 is 1.50 bits per heavy atom. The summed E-state index contributed by atoms with van der Waals surface area (Å²) in [6.07, 6.45) is 2.80. The van der Waals surface area contributed by atoms with Gasteiger partial charge in [-0.05, 0) is 38.0 Å². The molecule has 1 amide bonds. The largest absolute Gasteiger partial charge is 0.394 e. The summed E-state index contributed by atoms with van der Waals surface area (Å²) in [6.45, 7) is 4.62. The summed E-state index contributed by atoms with van der Waals surface area (Å²) in [7, 11) is 0. The maximum Gasteiger partial charge on any atom is 0.249 e. The molecule has 0 aromatic heterocycles. The van der Waals surface area contributed by atoms with Gasteiger partial charge in [0.25, 0.3) is 0 Å². The van der Waals surface area contributed by atoms with E-state index in [1.165, 1.54) is 0 Å². The molecule has 0 aromatic rings. The zero-order chi connectivity index (χ0) is 11.8. The molecule has 4 heteroatoms. The van der Waals surface area contributed by atoms with Crippen molar-refractivity contribution < 1.29 is 14.6 Å². The third kappa shape index (κ3) is 2.23. The first-order valence-electron chi connectivity index (χ1n) is 6.11. The zero-order valence-corrected chi connectivity index (χ0v) is 10.0. The molecule has 92 valence electrons. The highest BCUT2D eigenvalue weighted by molar-refractivity contribution is 5.82. The van der Waals surface area contributed by atoms with Gasteiger partial charge in [-0.15, -0.1) is 0 Å². The van der Waals surface area contributed by atoms with E-state index in [0.29, 0.717) is 12.5 Å². The van der Waals surface area contributed by atoms with Crippen molar-refractivity contribution in [3.8, 4) is 0 Å². The van der Waals surface area contributed by atoms with E-state index in [2.05, 4.69) is 5.32 Å². The van der Waals surface area contributed by atoms with Crippen molar-refractivity contribution >= 4 is 5.91 Å². The van der Waals surface area contributed by atoms with Gasteiger partial charge in [0, 0.05) is 6.61 Å². The lowest BCUT2D eigenvalue weighted by atomic mass is 9.95. The third-order valence-electron chi connectivity index (χ3n) is 3.86. The second-order valence-corrected chi connectivity index (χ2v) is 5.40. The second kappa shape index (κ2) is 4.34. The number of amides is 1. The van der Waals surface area contributed by atoms with Gasteiger partial charge in [0.2, 0.25) is 5.91 Å². The summed E-state index contributed by atoms with van der Waals surface area (Å²) >= 11 is 0. The molecule has 16 heavy (non-hydrogen) atoms. The fourth-order valence-electron chi connectivity index (χ4n) is 2.37. The van der Waals surface area contributed by atoms with Crippen molar-refractivity contribution in [1.29, 1.82) is 0 Å². The van der Waals surface area contributed by atoms with Gasteiger partial charge in [-0.1, -0.05) is 6.92 Å². The molecule has 2 aliphatic rings. The third-order valence-corrected chi connectivity index (χ3v) is 3.86. The predicted molar refractivity (Wildman–Crippen MR) is 59.9 cm³/mol. The van der Waals surface area contributed by atoms with E-state index in [9.17, 15) is 9.90 Å². The fourth-order valence-corrected chi connectivity index (χ4v) is 2.37. The average Bonchev–Trinajstić information content (AvgIpc) is 3.02. The first-order valence-corrected chi connectivity index (χ1v) is 6.11. The molecule has 0 spiro atoms. The summed E-state index contributed by atoms with van der Waals surface area (Å²) in [4.78, 5) is 12.0. The van der Waals surface area contributed by atoms with Crippen molar-refractivity contribution in [2.75, 3.05) is 13.2 Å². The van der Waals surface area contributed by atoms with Crippen molar-refractivity contribution in [3.05, 3.63) is 0 Å². The molecule has 1 saturated heterocycles. The molecule has 0 unspecified atom stereocenters. The molecule has 1 aliphatic carbocycles. The SMILES string of the molecule is C[C@@H]1CCO[C@H]1C(=O)N[C@@](C)(CO)C1CC1. The quantitative estimate of drug-likeness (QED) is 0.743. The minimum Gasteiger partial charge on any atom is -0.394 e. The van der Waals surface area contributed by atoms with E-state index in [1.54, 1.807) is 0 Å². The Morgan fingerprint density at radius 3 is 2.62 bits per heavy atom. The van der Waals surface area contributed by atoms with Crippen LogP contribution >= 0.6 is 0 Å². The highest BCUT2D eigenvalue weighted by atomic mass is 16.5. The van der Waals surface area contributed by atoms with Crippen molar-refractivity contribution in [2.24, 2.45) is 11.8 Å². The Hall–Kier alpha value is -0.610. The lowest BCUT2D eigenvalue weighted by Crippen LogP contribution is -2.54. The van der Waals surface area contributed by atoms with Crippen LogP contribution in [-0.2, 0) is 9.53 Å². The summed E-state index contributed by atoms with van der Waals surface area (Å²) in [5.74, 6) is 0.647. The fraction of sp³-hybridized carbons (Fsp3) is 0.917. The van der Waals surface area contributed by atoms with E-state index in [4.69, 9.17) is 4.74 Å². The maximum atomic E-state index is 12.0. The van der Waals surface area contributed by atoms with Gasteiger partial charge < -0.3 is 15.2 Å². The number of hydrogen-bond acceptors (Lipinski definition) is 3. The standard InChI is InChI=1S/C12H21NO3/c1-8-5-6-16-10(8)11(15)13-12(2,7-14)9-3-4-9/h8-10,14H,3-7H2,1-2H3,(H,13,15)/t8-,10-,12+/m1/s1. The molecule has 2 fully saturated rings. The Bertz CT molecular complexity index is 277. The van der Waals surface area contributed by atoms with Crippen LogP contribution in [0.2, 0.25) is 0 Å². The maximum absolute atomic E-state index is 12.0. The van der Waals surface area contributed by atoms with Crippen LogP contribution in [0.15, 0.2) is 0 Å². The summed E-state index contributed by atoms with van der Waals surface area (Å²) in [5.41, 5.74) is -0.456. The molecule has 1 saturated carbocycles. The van der Waals surface area contributed by atoms with E-state index in [0.717, 1.165) is 19.3 Å². The topological polar surface area (TPSA) is 58.6 Å². The molecule has 0 bridgehead atoms. The molecule has 2 N–H and O–H groups in total. The number of ether oxygens (including phenoxy) is 1. The van der Waals surface area contributed by atoms with E-state index in [-0.39, 0.29) is 24.5 Å². The number of nitrogens with one attached hydrogen (secondary N) is 1. The number of aliphatic hydroxyl groups is 1. The molecule has 4 nitrogen and oxygen atoms in total. The second-order valence-electron chi connectivity index (χ2n) is 5.40. The van der Waals surface area contributed by atoms with Crippen molar-refractivity contribution in [1.82, 2.24) is 5.32 Å². The Balaban J connectivity index is 1.94. The van der Waals surface area contributed by atoms with Crippen LogP contribution in [0.25, 0.3) is 0 Å². The van der Waals surface area contributed by atoms with Crippen LogP contribution in [0.4, 0.5) is 0 Å². The first-order chi connectivity index (χ1) is 7.57. The lowest BCUT2D eigenvalue weighted by Gasteiger charge is -2.30. The van der Waals surface area contributed by atoms with Crippen LogP contribution in [0.3, 0.4) is 0 Å². The number of rotatable bonds is 4. The zero-order valence-electron chi connectivity index (χ0n) is 10.0. The first kappa shape index (κ1) is 11.9. The summed E-state index contributed by atoms with van der Waals surface area (Å²) in [6, 6.07) is 0. The minimum absolute atomic E-state index is 0.00447. The van der Waals surface area contributed by atoms with Crippen molar-refractivity contribution in [3.63, 3.8) is 0 Å². The summed E-state index contributed by atoms with van der Waals surface area (Å²) < 4.78 is 5.42. The van der Waals surface area contributed by atoms with Crippen molar-refractivity contribution in [2.45, 2.75) is 44.8 Å². The van der Waals surface area contributed by atoms with Gasteiger partial charge in [0.05, 0.1) is 12.1 Å². The van der Waals surface area contributed by atoms with E-state index in [1.807, 2.05) is 13.8 Å². The normalized spacial score (nSPS) is 33.4. The number of carbonyl (C=O) groups excluding carboxylic acids is 1. The van der Waals surface area contributed by atoms with E-state index < -0.39 is 5.54 Å². The van der Waals surface area contributed by atoms with Gasteiger partial charge >= 0.3 is 0 Å². The average molecular weight is 227 g/mol. The Kier molecular flexibility index (Phi) is 3.22. The molecular weight excluding hydrogens is 206 g/mol. The molecule has 0 radical (unpaired) electrons. The predicted octanol–water partition coefficient (Wildman–Crippen LogP) is 0.689. The Labute approximate surface area is 96.4 Å². The molecule has 1 heterocycles. The van der Waals surface area contributed by atoms with Crippen LogP contribution in [0.5, 0.6) is 0 Å². The lowest BCUT2D eigenvalue weighted by molar-refractivity contribution is -0.134. The Morgan fingerprint density at radius 2 is 2.19 bits per heavy atom. The monoisotopic (exact) mass is 227 g/mol. The minimum atomic E-state index is -0.456. The van der Waals surface area contributed by atoms with Crippen LogP contribution < -0.4 is 5.32 Å². The van der Waals surface area contributed by atoms with Crippen LogP contribution in [0, 0.1) is 11.8 Å². The highest BCUT2D eigenvalue weighted by Crippen LogP contribution is 2.39. The smallest absolute Gasteiger partial charge is 0.249 e. The van der Waals surface area contributed by atoms with Gasteiger partial charge in [-0.2, -0.15) is 0 Å². The van der Waals surface area contributed by atoms with Gasteiger partial charge in [0.15, 0.2) is 0 Å². The van der Waals surface area contributed by atoms with E-state index >= 15 is 0 Å². The van der Waals surface area contributed by atoms with Gasteiger partial charge in [0.1, 0.15) is 6.10 Å². The highest BCUT2D eigenvalue weighted by Gasteiger charge is 2.44. The molecule has 0 aromatic carbocycles. The van der Waals surface area contributed by atoms with Crippen LogP contribution in [0.1, 0.15) is 33.1 Å². The molecule has 2 rings (SSSR count). The molecule has 3 atom stereocenters. The van der Waals surface area contributed by atoms with Crippen LogP contribution in [-0.4, -0.2) is 35.9 Å². The molecule has 1 aliphatic heterocycles. The van der Waals surface area contributed by atoms with Gasteiger partial charge in [-0.3, -0.25) is 4.79 Å². The number of hydrogen-bond donors (Lipinski definition) is 2.